The number of carbonyl (C=O) groups excluding carboxylic acids is 1. The predicted molar refractivity (Wildman–Crippen MR) is 115 cm³/mol. The van der Waals surface area contributed by atoms with Crippen LogP contribution in [0.25, 0.3) is 11.0 Å². The monoisotopic (exact) mass is 410 g/mol. The smallest absolute Gasteiger partial charge is 0.254 e. The number of anilines is 1. The molecule has 0 atom stereocenters. The zero-order valence-corrected chi connectivity index (χ0v) is 17.7. The average molecular weight is 410 g/mol. The Hall–Kier alpha value is -3.42. The van der Waals surface area contributed by atoms with E-state index in [1.807, 2.05) is 30.1 Å². The highest BCUT2D eigenvalue weighted by Crippen LogP contribution is 2.38. The number of fused-ring (bicyclic) bond motifs is 1. The van der Waals surface area contributed by atoms with Gasteiger partial charge in [-0.1, -0.05) is 12.1 Å². The maximum absolute atomic E-state index is 13.1. The number of amides is 1. The van der Waals surface area contributed by atoms with Gasteiger partial charge in [-0.25, -0.2) is 4.98 Å². The lowest BCUT2D eigenvalue weighted by molar-refractivity contribution is 0.0745. The lowest BCUT2D eigenvalue weighted by Gasteiger charge is -2.35. The molecule has 30 heavy (non-hydrogen) atoms. The van der Waals surface area contributed by atoms with Crippen molar-refractivity contribution in [3.8, 4) is 17.2 Å². The molecule has 0 radical (unpaired) electrons. The SMILES string of the molecule is COc1cc(C(=O)N2CCN(c3nc4ccccc4n3C)CC2)cc(OC)c1OC. The Balaban J connectivity index is 1.51. The van der Waals surface area contributed by atoms with E-state index in [4.69, 9.17) is 19.2 Å². The number of imidazole rings is 1. The van der Waals surface area contributed by atoms with Crippen molar-refractivity contribution in [1.29, 1.82) is 0 Å². The second kappa shape index (κ2) is 8.14. The van der Waals surface area contributed by atoms with E-state index in [1.165, 1.54) is 0 Å². The molecule has 8 heteroatoms. The van der Waals surface area contributed by atoms with Gasteiger partial charge in [-0.3, -0.25) is 4.79 Å². The number of carbonyl (C=O) groups is 1. The van der Waals surface area contributed by atoms with Crippen LogP contribution in [0.1, 0.15) is 10.4 Å². The van der Waals surface area contributed by atoms with Crippen molar-refractivity contribution in [2.75, 3.05) is 52.4 Å². The van der Waals surface area contributed by atoms with Crippen LogP contribution in [0.3, 0.4) is 0 Å². The standard InChI is InChI=1S/C22H26N4O4/c1-24-17-8-6-5-7-16(17)23-22(24)26-11-9-25(10-12-26)21(27)15-13-18(28-2)20(30-4)19(14-15)29-3/h5-8,13-14H,9-12H2,1-4H3. The highest BCUT2D eigenvalue weighted by atomic mass is 16.5. The number of nitrogens with zero attached hydrogens (tertiary/aromatic N) is 4. The van der Waals surface area contributed by atoms with Crippen LogP contribution in [0.2, 0.25) is 0 Å². The molecule has 2 aromatic carbocycles. The molecule has 0 bridgehead atoms. The van der Waals surface area contributed by atoms with Crippen LogP contribution >= 0.6 is 0 Å². The number of aromatic nitrogens is 2. The Labute approximate surface area is 175 Å². The summed E-state index contributed by atoms with van der Waals surface area (Å²) in [5, 5.41) is 0. The lowest BCUT2D eigenvalue weighted by atomic mass is 10.1. The number of benzene rings is 2. The van der Waals surface area contributed by atoms with Crippen molar-refractivity contribution in [2.24, 2.45) is 7.05 Å². The molecule has 1 saturated heterocycles. The third-order valence-corrected chi connectivity index (χ3v) is 5.52. The van der Waals surface area contributed by atoms with Crippen LogP contribution in [0, 0.1) is 0 Å². The van der Waals surface area contributed by atoms with E-state index in [0.29, 0.717) is 49.0 Å². The van der Waals surface area contributed by atoms with E-state index in [1.54, 1.807) is 33.5 Å². The molecule has 0 N–H and O–H groups in total. The quantitative estimate of drug-likeness (QED) is 0.644. The first kappa shape index (κ1) is 19.9. The number of methoxy groups -OCH3 is 3. The van der Waals surface area contributed by atoms with Crippen LogP contribution in [-0.2, 0) is 7.05 Å². The fraction of sp³-hybridized carbons (Fsp3) is 0.364. The molecule has 0 aliphatic carbocycles. The number of aryl methyl sites for hydroxylation is 1. The van der Waals surface area contributed by atoms with Crippen molar-refractivity contribution in [2.45, 2.75) is 0 Å². The maximum Gasteiger partial charge on any atom is 0.254 e. The molecule has 1 aromatic heterocycles. The number of para-hydroxylation sites is 2. The van der Waals surface area contributed by atoms with Gasteiger partial charge < -0.3 is 28.6 Å². The summed E-state index contributed by atoms with van der Waals surface area (Å²) >= 11 is 0. The Morgan fingerprint density at radius 3 is 2.13 bits per heavy atom. The minimum atomic E-state index is -0.0566. The average Bonchev–Trinajstić information content (AvgIpc) is 3.14. The van der Waals surface area contributed by atoms with Crippen molar-refractivity contribution in [3.63, 3.8) is 0 Å². The predicted octanol–water partition coefficient (Wildman–Crippen LogP) is 2.56. The van der Waals surface area contributed by atoms with Gasteiger partial charge in [0.2, 0.25) is 11.7 Å². The van der Waals surface area contributed by atoms with Crippen molar-refractivity contribution in [3.05, 3.63) is 42.0 Å². The Bertz CT molecular complexity index is 1050. The summed E-state index contributed by atoms with van der Waals surface area (Å²) in [5.41, 5.74) is 2.59. The van der Waals surface area contributed by atoms with Crippen LogP contribution in [0.5, 0.6) is 17.2 Å². The number of ether oxygens (including phenoxy) is 3. The number of hydrogen-bond acceptors (Lipinski definition) is 6. The molecule has 0 saturated carbocycles. The fourth-order valence-electron chi connectivity index (χ4n) is 3.91. The highest BCUT2D eigenvalue weighted by Gasteiger charge is 2.26. The largest absolute Gasteiger partial charge is 0.493 e. The van der Waals surface area contributed by atoms with Gasteiger partial charge in [-0.15, -0.1) is 0 Å². The lowest BCUT2D eigenvalue weighted by Crippen LogP contribution is -2.49. The van der Waals surface area contributed by atoms with E-state index in [0.717, 1.165) is 17.0 Å². The van der Waals surface area contributed by atoms with Crippen molar-refractivity contribution >= 4 is 22.9 Å². The van der Waals surface area contributed by atoms with Gasteiger partial charge >= 0.3 is 0 Å². The van der Waals surface area contributed by atoms with Crippen molar-refractivity contribution in [1.82, 2.24) is 14.5 Å². The summed E-state index contributed by atoms with van der Waals surface area (Å²) in [6.45, 7) is 2.65. The second-order valence-corrected chi connectivity index (χ2v) is 7.15. The van der Waals surface area contributed by atoms with Crippen LogP contribution in [0.4, 0.5) is 5.95 Å². The Morgan fingerprint density at radius 2 is 1.57 bits per heavy atom. The first-order valence-corrected chi connectivity index (χ1v) is 9.83. The third kappa shape index (κ3) is 3.38. The molecule has 1 fully saturated rings. The van der Waals surface area contributed by atoms with Gasteiger partial charge in [0.1, 0.15) is 0 Å². The maximum atomic E-state index is 13.1. The third-order valence-electron chi connectivity index (χ3n) is 5.52. The number of piperazine rings is 1. The summed E-state index contributed by atoms with van der Waals surface area (Å²) in [4.78, 5) is 22.0. The van der Waals surface area contributed by atoms with Gasteiger partial charge in [0.25, 0.3) is 5.91 Å². The highest BCUT2D eigenvalue weighted by molar-refractivity contribution is 5.96. The summed E-state index contributed by atoms with van der Waals surface area (Å²) in [7, 11) is 6.66. The fourth-order valence-corrected chi connectivity index (χ4v) is 3.91. The minimum absolute atomic E-state index is 0.0566. The molecule has 0 unspecified atom stereocenters. The number of hydrogen-bond donors (Lipinski definition) is 0. The molecule has 0 spiro atoms. The van der Waals surface area contributed by atoms with Gasteiger partial charge in [-0.2, -0.15) is 0 Å². The van der Waals surface area contributed by atoms with E-state index in [2.05, 4.69) is 15.5 Å². The summed E-state index contributed by atoms with van der Waals surface area (Å²) < 4.78 is 18.2. The van der Waals surface area contributed by atoms with Crippen LogP contribution in [0.15, 0.2) is 36.4 Å². The molecule has 8 nitrogen and oxygen atoms in total. The Morgan fingerprint density at radius 1 is 0.933 bits per heavy atom. The molecule has 1 aliphatic rings. The molecule has 4 rings (SSSR count). The van der Waals surface area contributed by atoms with E-state index in [9.17, 15) is 4.79 Å². The zero-order valence-electron chi connectivity index (χ0n) is 17.7. The van der Waals surface area contributed by atoms with Gasteiger partial charge in [0.15, 0.2) is 11.5 Å². The molecular formula is C22H26N4O4. The van der Waals surface area contributed by atoms with E-state index >= 15 is 0 Å². The van der Waals surface area contributed by atoms with Gasteiger partial charge in [0.05, 0.1) is 32.4 Å². The molecule has 2 heterocycles. The first-order chi connectivity index (χ1) is 14.6. The minimum Gasteiger partial charge on any atom is -0.493 e. The van der Waals surface area contributed by atoms with Gasteiger partial charge in [0, 0.05) is 38.8 Å². The topological polar surface area (TPSA) is 69.1 Å². The molecule has 158 valence electrons. The van der Waals surface area contributed by atoms with Crippen molar-refractivity contribution < 1.29 is 19.0 Å². The van der Waals surface area contributed by atoms with E-state index in [-0.39, 0.29) is 5.91 Å². The summed E-state index contributed by atoms with van der Waals surface area (Å²) in [5.74, 6) is 2.29. The molecule has 1 aliphatic heterocycles. The van der Waals surface area contributed by atoms with Crippen LogP contribution < -0.4 is 19.1 Å². The second-order valence-electron chi connectivity index (χ2n) is 7.15. The van der Waals surface area contributed by atoms with Crippen LogP contribution in [-0.4, -0.2) is 67.9 Å². The zero-order chi connectivity index (χ0) is 21.3. The molecular weight excluding hydrogens is 384 g/mol. The Kier molecular flexibility index (Phi) is 5.39. The first-order valence-electron chi connectivity index (χ1n) is 9.83. The van der Waals surface area contributed by atoms with E-state index < -0.39 is 0 Å². The normalized spacial score (nSPS) is 14.1. The van der Waals surface area contributed by atoms with Gasteiger partial charge in [-0.05, 0) is 24.3 Å². The molecule has 3 aromatic rings. The summed E-state index contributed by atoms with van der Waals surface area (Å²) in [6.07, 6.45) is 0. The summed E-state index contributed by atoms with van der Waals surface area (Å²) in [6, 6.07) is 11.5. The number of rotatable bonds is 5. The molecule has 1 amide bonds.